The van der Waals surface area contributed by atoms with Gasteiger partial charge in [0.25, 0.3) is 0 Å². The molecular weight excluding hydrogens is 344 g/mol. The number of hydrogen-bond acceptors (Lipinski definition) is 4. The Morgan fingerprint density at radius 2 is 0.857 bits per heavy atom. The van der Waals surface area contributed by atoms with Crippen molar-refractivity contribution < 1.29 is 0 Å². The summed E-state index contributed by atoms with van der Waals surface area (Å²) >= 11 is 0. The topological polar surface area (TPSA) is 51.6 Å². The highest BCUT2D eigenvalue weighted by Gasteiger charge is 1.88. The first-order valence-corrected chi connectivity index (χ1v) is 9.69. The highest BCUT2D eigenvalue weighted by atomic mass is 14.8. The number of hydrogen-bond donors (Lipinski definition) is 0. The van der Waals surface area contributed by atoms with Crippen molar-refractivity contribution in [1.29, 1.82) is 0 Å². The average molecular weight is 377 g/mol. The van der Waals surface area contributed by atoms with Crippen LogP contribution in [-0.2, 0) is 0 Å². The van der Waals surface area contributed by atoms with Gasteiger partial charge in [-0.3, -0.25) is 0 Å². The Kier molecular flexibility index (Phi) is 11.0. The van der Waals surface area contributed by atoms with Crippen molar-refractivity contribution in [3.63, 3.8) is 0 Å². The Bertz CT molecular complexity index is 706. The first kappa shape index (κ1) is 23.2. The first-order valence-electron chi connectivity index (χ1n) is 9.69. The highest BCUT2D eigenvalue weighted by molar-refractivity contribution is 5.77. The maximum atomic E-state index is 4.07. The average Bonchev–Trinajstić information content (AvgIpc) is 2.68. The van der Waals surface area contributed by atoms with E-state index in [9.17, 15) is 0 Å². The van der Waals surface area contributed by atoms with E-state index in [0.29, 0.717) is 0 Å². The van der Waals surface area contributed by atoms with Gasteiger partial charge in [-0.15, -0.1) is 0 Å². The van der Waals surface area contributed by atoms with Gasteiger partial charge < -0.3 is 0 Å². The lowest BCUT2D eigenvalue weighted by atomic mass is 10.2. The molecule has 0 bridgehead atoms. The second kappa shape index (κ2) is 13.3. The van der Waals surface area contributed by atoms with Crippen LogP contribution in [0, 0.1) is 11.8 Å². The summed E-state index contributed by atoms with van der Waals surface area (Å²) in [5.41, 5.74) is 2.00. The van der Waals surface area contributed by atoms with Gasteiger partial charge in [0.2, 0.25) is 0 Å². The lowest BCUT2D eigenvalue weighted by molar-refractivity contribution is 0.736. The molecule has 0 saturated carbocycles. The van der Waals surface area contributed by atoms with E-state index in [2.05, 4.69) is 61.5 Å². The maximum absolute atomic E-state index is 4.07. The summed E-state index contributed by atoms with van der Waals surface area (Å²) in [5.74, 6) is 1.67. The summed E-state index contributed by atoms with van der Waals surface area (Å²) in [6.07, 6.45) is 6.73. The lowest BCUT2D eigenvalue weighted by Gasteiger charge is -1.90. The van der Waals surface area contributed by atoms with E-state index in [1.165, 1.54) is 0 Å². The van der Waals surface area contributed by atoms with Crippen LogP contribution < -0.4 is 0 Å². The molecule has 4 nitrogen and oxygen atoms in total. The third-order valence-electron chi connectivity index (χ3n) is 2.83. The maximum Gasteiger partial charge on any atom is 0.116 e. The number of para-hydroxylation sites is 2. The quantitative estimate of drug-likeness (QED) is 0.347. The van der Waals surface area contributed by atoms with Gasteiger partial charge in [0.1, 0.15) is 12.7 Å². The molecule has 0 N–H and O–H groups in total. The van der Waals surface area contributed by atoms with Crippen molar-refractivity contribution in [2.45, 2.75) is 41.5 Å². The van der Waals surface area contributed by atoms with Gasteiger partial charge in [-0.1, -0.05) is 77.9 Å². The zero-order chi connectivity index (χ0) is 20.8. The zero-order valence-corrected chi connectivity index (χ0v) is 17.9. The molecule has 2 heterocycles. The highest BCUT2D eigenvalue weighted by Crippen LogP contribution is 2.07. The molecule has 4 aromatic rings. The molecule has 0 spiro atoms. The second-order valence-corrected chi connectivity index (χ2v) is 7.63. The molecule has 4 rings (SSSR count). The van der Waals surface area contributed by atoms with Crippen LogP contribution in [0.3, 0.4) is 0 Å². The van der Waals surface area contributed by atoms with Crippen LogP contribution in [0.5, 0.6) is 0 Å². The molecule has 0 aliphatic heterocycles. The molecule has 28 heavy (non-hydrogen) atoms. The fourth-order valence-corrected chi connectivity index (χ4v) is 1.85. The van der Waals surface area contributed by atoms with Crippen molar-refractivity contribution >= 4 is 21.8 Å². The lowest BCUT2D eigenvalue weighted by Crippen LogP contribution is -1.77. The standard InChI is InChI=1S/2C8H6N2.2C4H10/c2*1-2-4-8-7(3-1)5-9-6-10-8;2*1-4(2)3/h2*1-6H;2*4H,1-3H3. The molecule has 0 atom stereocenters. The van der Waals surface area contributed by atoms with Crippen molar-refractivity contribution in [2.24, 2.45) is 11.8 Å². The fourth-order valence-electron chi connectivity index (χ4n) is 1.85. The molecule has 4 heteroatoms. The predicted octanol–water partition coefficient (Wildman–Crippen LogP) is 6.58. The molecule has 148 valence electrons. The third kappa shape index (κ3) is 10.3. The third-order valence-corrected chi connectivity index (χ3v) is 2.83. The molecular formula is C24H32N4. The van der Waals surface area contributed by atoms with Crippen LogP contribution >= 0.6 is 0 Å². The fraction of sp³-hybridized carbons (Fsp3) is 0.333. The zero-order valence-electron chi connectivity index (χ0n) is 17.9. The van der Waals surface area contributed by atoms with E-state index >= 15 is 0 Å². The van der Waals surface area contributed by atoms with Gasteiger partial charge in [-0.05, 0) is 24.0 Å². The van der Waals surface area contributed by atoms with Crippen LogP contribution in [-0.4, -0.2) is 19.9 Å². The van der Waals surface area contributed by atoms with E-state index in [-0.39, 0.29) is 0 Å². The predicted molar refractivity (Wildman–Crippen MR) is 120 cm³/mol. The van der Waals surface area contributed by atoms with E-state index in [4.69, 9.17) is 0 Å². The summed E-state index contributed by atoms with van der Waals surface area (Å²) in [6, 6.07) is 15.8. The van der Waals surface area contributed by atoms with Crippen molar-refractivity contribution in [1.82, 2.24) is 19.9 Å². The molecule has 0 aliphatic rings. The summed E-state index contributed by atoms with van der Waals surface area (Å²) in [5, 5.41) is 2.18. The molecule has 0 radical (unpaired) electrons. The molecule has 0 amide bonds. The van der Waals surface area contributed by atoms with E-state index < -0.39 is 0 Å². The molecule has 2 aromatic heterocycles. The van der Waals surface area contributed by atoms with Gasteiger partial charge in [-0.25, -0.2) is 19.9 Å². The van der Waals surface area contributed by atoms with Crippen molar-refractivity contribution in [3.05, 3.63) is 73.6 Å². The molecule has 0 aliphatic carbocycles. The van der Waals surface area contributed by atoms with E-state index in [1.54, 1.807) is 12.7 Å². The molecule has 2 aromatic carbocycles. The summed E-state index contributed by atoms with van der Waals surface area (Å²) in [6.45, 7) is 13.0. The smallest absolute Gasteiger partial charge is 0.116 e. The van der Waals surface area contributed by atoms with Gasteiger partial charge in [0.15, 0.2) is 0 Å². The van der Waals surface area contributed by atoms with E-state index in [0.717, 1.165) is 33.6 Å². The Morgan fingerprint density at radius 3 is 1.18 bits per heavy atom. The summed E-state index contributed by atoms with van der Waals surface area (Å²) in [7, 11) is 0. The largest absolute Gasteiger partial charge is 0.244 e. The van der Waals surface area contributed by atoms with Crippen LogP contribution in [0.4, 0.5) is 0 Å². The second-order valence-electron chi connectivity index (χ2n) is 7.63. The summed E-state index contributed by atoms with van der Waals surface area (Å²) in [4.78, 5) is 15.9. The van der Waals surface area contributed by atoms with Crippen LogP contribution in [0.2, 0.25) is 0 Å². The minimum atomic E-state index is 0.833. The molecule has 0 fully saturated rings. The number of benzene rings is 2. The first-order chi connectivity index (χ1) is 13.4. The SMILES string of the molecule is CC(C)C.CC(C)C.c1ccc2ncncc2c1.c1ccc2ncncc2c1. The van der Waals surface area contributed by atoms with Gasteiger partial charge >= 0.3 is 0 Å². The van der Waals surface area contributed by atoms with E-state index in [1.807, 2.05) is 60.9 Å². The van der Waals surface area contributed by atoms with Gasteiger partial charge in [0.05, 0.1) is 11.0 Å². The van der Waals surface area contributed by atoms with Crippen molar-refractivity contribution in [3.8, 4) is 0 Å². The minimum absolute atomic E-state index is 0.833. The normalized spacial score (nSPS) is 9.71. The Labute approximate surface area is 169 Å². The van der Waals surface area contributed by atoms with Crippen molar-refractivity contribution in [2.75, 3.05) is 0 Å². The Balaban J connectivity index is 0.000000206. The summed E-state index contributed by atoms with van der Waals surface area (Å²) < 4.78 is 0. The number of aromatic nitrogens is 4. The monoisotopic (exact) mass is 376 g/mol. The Morgan fingerprint density at radius 1 is 0.536 bits per heavy atom. The number of nitrogens with zero attached hydrogens (tertiary/aromatic N) is 4. The van der Waals surface area contributed by atoms with Gasteiger partial charge in [-0.2, -0.15) is 0 Å². The molecule has 0 unspecified atom stereocenters. The van der Waals surface area contributed by atoms with Crippen LogP contribution in [0.1, 0.15) is 41.5 Å². The molecule has 0 saturated heterocycles. The van der Waals surface area contributed by atoms with Gasteiger partial charge in [0, 0.05) is 23.2 Å². The number of rotatable bonds is 0. The van der Waals surface area contributed by atoms with Crippen LogP contribution in [0.15, 0.2) is 73.6 Å². The van der Waals surface area contributed by atoms with Crippen LogP contribution in [0.25, 0.3) is 21.8 Å². The number of fused-ring (bicyclic) bond motifs is 2. The Hall–Kier alpha value is -2.88. The minimum Gasteiger partial charge on any atom is -0.244 e.